The molecule has 6 aliphatic heterocycles. The molecule has 11 heteroatoms. The van der Waals surface area contributed by atoms with Crippen LogP contribution in [0, 0.1) is 16.2 Å². The maximum Gasteiger partial charge on any atom is 0.410 e. The van der Waals surface area contributed by atoms with Crippen molar-refractivity contribution in [3.63, 3.8) is 0 Å². The molecule has 262 valence electrons. The Hall–Kier alpha value is -1.66. The van der Waals surface area contributed by atoms with Crippen molar-refractivity contribution in [2.75, 3.05) is 99.7 Å². The molecule has 6 saturated heterocycles. The largest absolute Gasteiger partial charge is 0.444 e. The normalized spacial score (nSPS) is 25.1. The summed E-state index contributed by atoms with van der Waals surface area (Å²) in [5, 5.41) is 13.7. The van der Waals surface area contributed by atoms with Crippen molar-refractivity contribution in [1.29, 1.82) is 0 Å². The molecule has 0 bridgehead atoms. The highest BCUT2D eigenvalue weighted by Crippen LogP contribution is 2.41. The lowest BCUT2D eigenvalue weighted by atomic mass is 9.72. The molecule has 6 rings (SSSR count). The first-order chi connectivity index (χ1) is 21.0. The van der Waals surface area contributed by atoms with Crippen LogP contribution >= 0.6 is 0 Å². The van der Waals surface area contributed by atoms with Gasteiger partial charge < -0.3 is 44.8 Å². The fraction of sp³-hybridized carbons (Fsp3) is 0.941. The van der Waals surface area contributed by atoms with E-state index >= 15 is 0 Å². The van der Waals surface area contributed by atoms with Crippen LogP contribution in [0.4, 0.5) is 9.59 Å². The predicted molar refractivity (Wildman–Crippen MR) is 179 cm³/mol. The molecule has 0 aromatic heterocycles. The third-order valence-electron chi connectivity index (χ3n) is 10.2. The van der Waals surface area contributed by atoms with Gasteiger partial charge in [-0.25, -0.2) is 9.59 Å². The number of likely N-dealkylation sites (tertiary alicyclic amines) is 4. The van der Waals surface area contributed by atoms with Crippen molar-refractivity contribution in [2.24, 2.45) is 16.2 Å². The number of nitrogens with zero attached hydrogens (tertiary/aromatic N) is 4. The number of ether oxygens (including phenoxy) is 2. The van der Waals surface area contributed by atoms with Gasteiger partial charge in [-0.1, -0.05) is 0 Å². The van der Waals surface area contributed by atoms with Gasteiger partial charge >= 0.3 is 12.2 Å². The number of hydrogen-bond acceptors (Lipinski definition) is 9. The number of carbonyl (C=O) groups is 2. The van der Waals surface area contributed by atoms with Crippen LogP contribution in [-0.4, -0.2) is 148 Å². The third kappa shape index (κ3) is 11.2. The summed E-state index contributed by atoms with van der Waals surface area (Å²) in [5.41, 5.74) is 0.749. The summed E-state index contributed by atoms with van der Waals surface area (Å²) in [5.74, 6) is 0. The molecule has 11 nitrogen and oxygen atoms in total. The van der Waals surface area contributed by atoms with Gasteiger partial charge in [0, 0.05) is 57.2 Å². The number of carbonyl (C=O) groups excluding carboxylic acids is 2. The number of aliphatic hydroxyl groups excluding tert-OH is 1. The van der Waals surface area contributed by atoms with Crippen molar-refractivity contribution in [1.82, 2.24) is 30.2 Å². The number of piperidine rings is 3. The van der Waals surface area contributed by atoms with Crippen molar-refractivity contribution in [3.8, 4) is 0 Å². The van der Waals surface area contributed by atoms with Gasteiger partial charge in [0.15, 0.2) is 0 Å². The van der Waals surface area contributed by atoms with Crippen LogP contribution in [0.25, 0.3) is 0 Å². The summed E-state index contributed by atoms with van der Waals surface area (Å²) in [6, 6.07) is 0. The topological polar surface area (TPSA) is 110 Å². The predicted octanol–water partition coefficient (Wildman–Crippen LogP) is 3.47. The van der Waals surface area contributed by atoms with Gasteiger partial charge in [0.1, 0.15) is 11.2 Å². The summed E-state index contributed by atoms with van der Waals surface area (Å²) in [6.45, 7) is 24.6. The Kier molecular flexibility index (Phi) is 13.0. The molecule has 2 amide bonds. The molecular formula is C34H66N6O5. The Labute approximate surface area is 273 Å². The number of hydrogen-bond donors (Lipinski definition) is 3. The summed E-state index contributed by atoms with van der Waals surface area (Å²) in [7, 11) is 5.39. The first kappa shape index (κ1) is 37.8. The van der Waals surface area contributed by atoms with Crippen LogP contribution in [0.2, 0.25) is 0 Å². The van der Waals surface area contributed by atoms with Crippen LogP contribution in [0.1, 0.15) is 80.1 Å². The van der Waals surface area contributed by atoms with E-state index in [1.165, 1.54) is 64.7 Å². The van der Waals surface area contributed by atoms with E-state index in [0.717, 1.165) is 64.9 Å². The highest BCUT2D eigenvalue weighted by molar-refractivity contribution is 5.70. The molecular weight excluding hydrogens is 572 g/mol. The SMILES string of the molecule is CC(C)(C)OC(=O)N1CC2(CCNCC2)C1.CN1CCC2(CC1)CN(C(=O)OC(C)(C)C)C2.CN1CCC2(CC1)CNC2.CO. The van der Waals surface area contributed by atoms with Crippen molar-refractivity contribution < 1.29 is 24.2 Å². The van der Waals surface area contributed by atoms with Crippen molar-refractivity contribution >= 4 is 12.2 Å². The van der Waals surface area contributed by atoms with Crippen LogP contribution in [0.3, 0.4) is 0 Å². The Morgan fingerprint density at radius 1 is 0.578 bits per heavy atom. The molecule has 6 heterocycles. The van der Waals surface area contributed by atoms with Crippen LogP contribution in [0.5, 0.6) is 0 Å². The molecule has 0 saturated carbocycles. The lowest BCUT2D eigenvalue weighted by Gasteiger charge is -2.53. The van der Waals surface area contributed by atoms with Crippen LogP contribution in [-0.2, 0) is 9.47 Å². The van der Waals surface area contributed by atoms with Crippen LogP contribution in [0.15, 0.2) is 0 Å². The molecule has 0 aromatic carbocycles. The highest BCUT2D eigenvalue weighted by atomic mass is 16.6. The van der Waals surface area contributed by atoms with Gasteiger partial charge in [0.05, 0.1) is 0 Å². The van der Waals surface area contributed by atoms with E-state index < -0.39 is 0 Å². The summed E-state index contributed by atoms with van der Waals surface area (Å²) in [4.78, 5) is 32.0. The van der Waals surface area contributed by atoms with Gasteiger partial charge in [-0.05, 0) is 139 Å². The maximum absolute atomic E-state index is 11.8. The highest BCUT2D eigenvalue weighted by Gasteiger charge is 2.48. The van der Waals surface area contributed by atoms with E-state index in [4.69, 9.17) is 14.6 Å². The van der Waals surface area contributed by atoms with E-state index in [2.05, 4.69) is 34.5 Å². The monoisotopic (exact) mass is 639 g/mol. The first-order valence-electron chi connectivity index (χ1n) is 17.2. The van der Waals surface area contributed by atoms with Gasteiger partial charge in [-0.2, -0.15) is 0 Å². The number of amides is 2. The number of nitrogens with one attached hydrogen (secondary N) is 2. The molecule has 3 N–H and O–H groups in total. The summed E-state index contributed by atoms with van der Waals surface area (Å²) >= 11 is 0. The quantitative estimate of drug-likeness (QED) is 0.368. The molecule has 0 aromatic rings. The maximum atomic E-state index is 11.8. The Bertz CT molecular complexity index is 920. The van der Waals surface area contributed by atoms with E-state index in [0.29, 0.717) is 10.8 Å². The fourth-order valence-electron chi connectivity index (χ4n) is 7.05. The Morgan fingerprint density at radius 2 is 0.911 bits per heavy atom. The molecule has 3 spiro atoms. The minimum Gasteiger partial charge on any atom is -0.444 e. The lowest BCUT2D eigenvalue weighted by Crippen LogP contribution is -2.62. The average Bonchev–Trinajstić information content (AvgIpc) is 2.91. The zero-order chi connectivity index (χ0) is 33.5. The minimum atomic E-state index is -0.382. The third-order valence-corrected chi connectivity index (χ3v) is 10.2. The summed E-state index contributed by atoms with van der Waals surface area (Å²) in [6.07, 6.45) is 7.32. The molecule has 45 heavy (non-hydrogen) atoms. The molecule has 0 aliphatic carbocycles. The Morgan fingerprint density at radius 3 is 1.22 bits per heavy atom. The average molecular weight is 639 g/mol. The van der Waals surface area contributed by atoms with E-state index in [1.54, 1.807) is 0 Å². The first-order valence-corrected chi connectivity index (χ1v) is 17.2. The number of aliphatic hydroxyl groups is 1. The molecule has 0 unspecified atom stereocenters. The van der Waals surface area contributed by atoms with Gasteiger partial charge in [-0.15, -0.1) is 0 Å². The van der Waals surface area contributed by atoms with Crippen molar-refractivity contribution in [3.05, 3.63) is 0 Å². The molecule has 6 fully saturated rings. The van der Waals surface area contributed by atoms with Gasteiger partial charge in [-0.3, -0.25) is 0 Å². The molecule has 0 atom stereocenters. The van der Waals surface area contributed by atoms with E-state index in [-0.39, 0.29) is 23.4 Å². The Balaban J connectivity index is 0.000000184. The second-order valence-electron chi connectivity index (χ2n) is 16.6. The zero-order valence-corrected chi connectivity index (χ0v) is 30.1. The molecule has 0 radical (unpaired) electrons. The van der Waals surface area contributed by atoms with Gasteiger partial charge in [0.25, 0.3) is 0 Å². The van der Waals surface area contributed by atoms with E-state index in [1.807, 2.05) is 51.3 Å². The fourth-order valence-corrected chi connectivity index (χ4v) is 7.05. The number of rotatable bonds is 0. The summed E-state index contributed by atoms with van der Waals surface area (Å²) < 4.78 is 10.7. The lowest BCUT2D eigenvalue weighted by molar-refractivity contribution is -0.0567. The van der Waals surface area contributed by atoms with E-state index in [9.17, 15) is 9.59 Å². The molecule has 6 aliphatic rings. The van der Waals surface area contributed by atoms with Crippen molar-refractivity contribution in [2.45, 2.75) is 91.3 Å². The second-order valence-corrected chi connectivity index (χ2v) is 16.6. The zero-order valence-electron chi connectivity index (χ0n) is 30.1. The smallest absolute Gasteiger partial charge is 0.410 e. The minimum absolute atomic E-state index is 0.151. The second kappa shape index (κ2) is 15.5. The van der Waals surface area contributed by atoms with Gasteiger partial charge in [0.2, 0.25) is 0 Å². The van der Waals surface area contributed by atoms with Crippen LogP contribution < -0.4 is 10.6 Å². The standard InChI is InChI=1S/C13H24N2O2.C12H22N2O2.C8H16N2.CH4O/c1-12(2,3)17-11(16)15-9-13(10-15)5-7-14(4)8-6-13;1-11(2,3)16-10(15)14-8-12(9-14)4-6-13-7-5-12;1-10-4-2-8(3-5-10)6-9-7-8;1-2/h5-10H2,1-4H3;13H,4-9H2,1-3H3;9H,2-7H2,1H3;2H,1H3.